The molecule has 0 aliphatic carbocycles. The number of carbonyl (C=O) groups is 8. The van der Waals surface area contributed by atoms with Gasteiger partial charge in [0.1, 0.15) is 37.9 Å². The number of aliphatic carboxylic acids is 2. The molecule has 1 fully saturated rings. The number of benzene rings is 2. The third-order valence-corrected chi connectivity index (χ3v) is 7.87. The molecule has 298 valence electrons. The number of nitrogens with zero attached hydrogens (tertiary/aromatic N) is 1. The molecule has 0 spiro atoms. The molecule has 2 aromatic carbocycles. The topological polar surface area (TPSA) is 280 Å². The molecule has 0 saturated carbocycles. The van der Waals surface area contributed by atoms with Crippen molar-refractivity contribution in [3.8, 4) is 0 Å². The number of hydrogen-bond donors (Lipinski definition) is 7. The van der Waals surface area contributed by atoms with Crippen molar-refractivity contribution in [2.45, 2.75) is 89.7 Å². The Labute approximate surface area is 315 Å². The number of aliphatic hydroxyl groups excluding tert-OH is 1. The summed E-state index contributed by atoms with van der Waals surface area (Å²) in [5, 5.41) is 36.5. The van der Waals surface area contributed by atoms with E-state index >= 15 is 0 Å². The molecule has 0 unspecified atom stereocenters. The Morgan fingerprint density at radius 1 is 0.727 bits per heavy atom. The number of epoxide rings is 1. The second-order valence-electron chi connectivity index (χ2n) is 13.0. The van der Waals surface area contributed by atoms with Crippen molar-refractivity contribution < 1.29 is 67.9 Å². The van der Waals surface area contributed by atoms with Crippen molar-refractivity contribution >= 4 is 47.6 Å². The van der Waals surface area contributed by atoms with Crippen molar-refractivity contribution in [1.82, 2.24) is 26.4 Å². The molecule has 5 amide bonds. The van der Waals surface area contributed by atoms with Crippen LogP contribution < -0.4 is 21.4 Å². The quantitative estimate of drug-likeness (QED) is 0.0530. The summed E-state index contributed by atoms with van der Waals surface area (Å²) < 4.78 is 15.5. The Morgan fingerprint density at radius 2 is 1.29 bits per heavy atom. The number of rotatable bonds is 20. The molecule has 1 aliphatic heterocycles. The van der Waals surface area contributed by atoms with Gasteiger partial charge in [-0.2, -0.15) is 0 Å². The van der Waals surface area contributed by atoms with Crippen LogP contribution in [-0.2, 0) is 61.0 Å². The van der Waals surface area contributed by atoms with E-state index in [1.165, 1.54) is 0 Å². The molecule has 0 aromatic heterocycles. The number of hydrazine groups is 1. The molecule has 3 rings (SSSR count). The van der Waals surface area contributed by atoms with Gasteiger partial charge in [-0.15, -0.1) is 0 Å². The van der Waals surface area contributed by atoms with Gasteiger partial charge in [-0.3, -0.25) is 34.2 Å². The highest BCUT2D eigenvalue weighted by Crippen LogP contribution is 2.26. The predicted octanol–water partition coefficient (Wildman–Crippen LogP) is -0.00210. The summed E-state index contributed by atoms with van der Waals surface area (Å²) in [5.74, 6) is -8.42. The van der Waals surface area contributed by atoms with E-state index in [2.05, 4.69) is 16.0 Å². The van der Waals surface area contributed by atoms with E-state index in [4.69, 9.17) is 14.2 Å². The van der Waals surface area contributed by atoms with Crippen LogP contribution in [0.5, 0.6) is 0 Å². The van der Waals surface area contributed by atoms with Crippen molar-refractivity contribution in [2.75, 3.05) is 6.54 Å². The van der Waals surface area contributed by atoms with E-state index < -0.39 is 103 Å². The summed E-state index contributed by atoms with van der Waals surface area (Å²) in [5.41, 5.74) is 3.34. The highest BCUT2D eigenvalue weighted by atomic mass is 16.6. The number of nitrogens with one attached hydrogen (secondary N) is 4. The van der Waals surface area contributed by atoms with Gasteiger partial charge < -0.3 is 45.5 Å². The summed E-state index contributed by atoms with van der Waals surface area (Å²) in [6, 6.07) is 12.6. The van der Waals surface area contributed by atoms with Gasteiger partial charge in [-0.25, -0.2) is 14.6 Å². The zero-order chi connectivity index (χ0) is 40.7. The van der Waals surface area contributed by atoms with E-state index in [1.807, 2.05) is 5.43 Å². The van der Waals surface area contributed by atoms with Crippen molar-refractivity contribution in [1.29, 1.82) is 0 Å². The molecular formula is C36H45N5O14. The molecule has 7 N–H and O–H groups in total. The minimum absolute atomic E-state index is 0.0853. The fourth-order valence-corrected chi connectivity index (χ4v) is 5.03. The van der Waals surface area contributed by atoms with E-state index in [9.17, 15) is 53.7 Å². The van der Waals surface area contributed by atoms with Crippen molar-refractivity contribution in [2.24, 2.45) is 5.92 Å². The van der Waals surface area contributed by atoms with Gasteiger partial charge in [0.15, 0.2) is 12.2 Å². The van der Waals surface area contributed by atoms with Crippen LogP contribution in [0.3, 0.4) is 0 Å². The number of hydrogen-bond acceptors (Lipinski definition) is 12. The maximum Gasteiger partial charge on any atom is 0.408 e. The number of esters is 1. The smallest absolute Gasteiger partial charge is 0.408 e. The Balaban J connectivity index is 1.68. The van der Waals surface area contributed by atoms with E-state index in [1.54, 1.807) is 74.5 Å². The lowest BCUT2D eigenvalue weighted by Gasteiger charge is -2.28. The summed E-state index contributed by atoms with van der Waals surface area (Å²) in [4.78, 5) is 101. The zero-order valence-corrected chi connectivity index (χ0v) is 30.3. The number of carbonyl (C=O) groups excluding carboxylic acids is 6. The molecule has 2 aromatic rings. The van der Waals surface area contributed by atoms with Gasteiger partial charge >= 0.3 is 24.0 Å². The minimum atomic E-state index is -1.88. The van der Waals surface area contributed by atoms with Gasteiger partial charge in [0.05, 0.1) is 6.10 Å². The predicted molar refractivity (Wildman–Crippen MR) is 188 cm³/mol. The molecule has 19 heteroatoms. The first-order chi connectivity index (χ1) is 26.0. The van der Waals surface area contributed by atoms with Crippen LogP contribution in [0.4, 0.5) is 4.79 Å². The van der Waals surface area contributed by atoms with Crippen LogP contribution in [0.2, 0.25) is 0 Å². The van der Waals surface area contributed by atoms with Gasteiger partial charge in [0, 0.05) is 6.42 Å². The van der Waals surface area contributed by atoms with Crippen LogP contribution in [0.25, 0.3) is 0 Å². The highest BCUT2D eigenvalue weighted by molar-refractivity contribution is 5.97. The van der Waals surface area contributed by atoms with Gasteiger partial charge in [0.2, 0.25) is 11.8 Å². The molecule has 19 nitrogen and oxygen atoms in total. The largest absolute Gasteiger partial charge is 0.481 e. The van der Waals surface area contributed by atoms with Gasteiger partial charge in [-0.05, 0) is 36.8 Å². The van der Waals surface area contributed by atoms with Crippen LogP contribution in [0, 0.1) is 5.92 Å². The number of aliphatic hydroxyl groups is 1. The first-order valence-corrected chi connectivity index (χ1v) is 17.2. The molecule has 1 heterocycles. The summed E-state index contributed by atoms with van der Waals surface area (Å²) in [6.45, 7) is 3.28. The molecule has 55 heavy (non-hydrogen) atoms. The Hall–Kier alpha value is -6.08. The molecule has 6 atom stereocenters. The summed E-state index contributed by atoms with van der Waals surface area (Å²) >= 11 is 0. The average molecular weight is 772 g/mol. The first-order valence-electron chi connectivity index (χ1n) is 17.2. The molecule has 0 radical (unpaired) electrons. The van der Waals surface area contributed by atoms with Crippen molar-refractivity contribution in [3.63, 3.8) is 0 Å². The van der Waals surface area contributed by atoms with Crippen LogP contribution in [-0.4, -0.2) is 111 Å². The summed E-state index contributed by atoms with van der Waals surface area (Å²) in [7, 11) is 0. The normalized spacial score (nSPS) is 16.6. The van der Waals surface area contributed by atoms with Crippen LogP contribution in [0.1, 0.15) is 51.2 Å². The summed E-state index contributed by atoms with van der Waals surface area (Å²) in [6.07, 6.45) is -6.55. The third-order valence-electron chi connectivity index (χ3n) is 7.87. The lowest BCUT2D eigenvalue weighted by atomic mass is 10.0. The second-order valence-corrected chi connectivity index (χ2v) is 13.0. The monoisotopic (exact) mass is 771 g/mol. The molecule has 1 aliphatic rings. The number of ether oxygens (including phenoxy) is 3. The van der Waals surface area contributed by atoms with Gasteiger partial charge in [-0.1, -0.05) is 74.5 Å². The number of carboxylic acids is 2. The minimum Gasteiger partial charge on any atom is -0.481 e. The zero-order valence-electron chi connectivity index (χ0n) is 30.3. The van der Waals surface area contributed by atoms with Crippen LogP contribution >= 0.6 is 0 Å². The Bertz CT molecular complexity index is 1670. The fraction of sp³-hybridized carbons (Fsp3) is 0.444. The number of alkyl carbamates (subject to hydrolysis) is 1. The Kier molecular flexibility index (Phi) is 16.5. The highest BCUT2D eigenvalue weighted by Gasteiger charge is 2.54. The van der Waals surface area contributed by atoms with E-state index in [0.29, 0.717) is 16.1 Å². The van der Waals surface area contributed by atoms with E-state index in [0.717, 1.165) is 6.92 Å². The average Bonchev–Trinajstić information content (AvgIpc) is 3.94. The lowest BCUT2D eigenvalue weighted by molar-refractivity contribution is -0.152. The van der Waals surface area contributed by atoms with Crippen LogP contribution in [0.15, 0.2) is 60.7 Å². The maximum atomic E-state index is 13.5. The lowest BCUT2D eigenvalue weighted by Crippen LogP contribution is -2.61. The third kappa shape index (κ3) is 14.7. The second kappa shape index (κ2) is 21.0. The molecule has 0 bridgehead atoms. The number of carboxylic acid groups (broad SMARTS) is 2. The SMILES string of the molecule is CC(C)C[C@H](NC(=O)OCc1ccccc1)C(=O)N[C@@H](CCC(=O)O)C(=O)N[C@H](C(=O)NN(CC(=O)O)C(=O)[C@H]1O[C@@H]1C(=O)OCc1ccccc1)[C@@H](C)O. The number of amides is 5. The maximum absolute atomic E-state index is 13.5. The van der Waals surface area contributed by atoms with E-state index in [-0.39, 0.29) is 25.6 Å². The van der Waals surface area contributed by atoms with Gasteiger partial charge in [0.25, 0.3) is 11.8 Å². The standard InChI is InChI=1S/C36H45N5O14/c1-20(2)16-25(38-36(52)54-19-23-12-8-5-9-13-23)32(48)37-24(14-15-26(43)44)31(47)39-28(21(3)42)33(49)40-41(17-27(45)46)34(50)29-30(55-29)35(51)53-18-22-10-6-4-7-11-22/h4-13,20-21,24-25,28-30,42H,14-19H2,1-3H3,(H,37,48)(H,38,52)(H,39,47)(H,40,49)(H,43,44)(H,45,46)/t21-,24+,25+,28+,29+,30+/m1/s1. The molecular weight excluding hydrogens is 726 g/mol. The Morgan fingerprint density at radius 3 is 1.82 bits per heavy atom. The first kappa shape index (κ1) is 43.3. The molecule has 1 saturated heterocycles. The van der Waals surface area contributed by atoms with Crippen molar-refractivity contribution in [3.05, 3.63) is 71.8 Å². The fourth-order valence-electron chi connectivity index (χ4n) is 5.03.